The van der Waals surface area contributed by atoms with Crippen LogP contribution in [0.3, 0.4) is 0 Å². The monoisotopic (exact) mass is 217 g/mol. The van der Waals surface area contributed by atoms with E-state index in [1.807, 2.05) is 0 Å². The zero-order valence-electron chi connectivity index (χ0n) is 10.8. The topological polar surface area (TPSA) is 0 Å². The normalized spacial score (nSPS) is 13.8. The van der Waals surface area contributed by atoms with Gasteiger partial charge in [-0.3, -0.25) is 0 Å². The van der Waals surface area contributed by atoms with Crippen LogP contribution in [0.15, 0.2) is 0 Å². The summed E-state index contributed by atoms with van der Waals surface area (Å²) in [6.07, 6.45) is 21.3. The molecule has 0 spiro atoms. The van der Waals surface area contributed by atoms with E-state index in [2.05, 4.69) is 32.1 Å². The van der Waals surface area contributed by atoms with E-state index in [1.165, 1.54) is 12.8 Å². The molecule has 2 atom stereocenters. The Morgan fingerprint density at radius 3 is 2.06 bits per heavy atom. The maximum Gasteiger partial charge on any atom is 0.0200 e. The standard InChI is InChI=1S/C16H25/c1-5-9-10-11-12-16(8-4)14-13-15(6-2)7-3/h2,4,10,15-16H,5,7,9,11-14H2,1,3H3. The Labute approximate surface area is 102 Å². The lowest BCUT2D eigenvalue weighted by Gasteiger charge is -2.12. The van der Waals surface area contributed by atoms with Crippen molar-refractivity contribution in [1.29, 1.82) is 0 Å². The molecule has 0 aromatic rings. The molecule has 0 saturated heterocycles. The Balaban J connectivity index is 3.68. The number of rotatable bonds is 9. The van der Waals surface area contributed by atoms with Crippen LogP contribution in [0.25, 0.3) is 0 Å². The van der Waals surface area contributed by atoms with Crippen LogP contribution in [0.2, 0.25) is 0 Å². The van der Waals surface area contributed by atoms with E-state index in [0.29, 0.717) is 11.8 Å². The number of hydrogen-bond donors (Lipinski definition) is 0. The third-order valence-corrected chi connectivity index (χ3v) is 3.04. The second-order valence-electron chi connectivity index (χ2n) is 4.37. The molecular formula is C16H25. The van der Waals surface area contributed by atoms with E-state index in [1.54, 1.807) is 0 Å². The molecule has 0 rings (SSSR count). The molecule has 0 aliphatic heterocycles. The minimum atomic E-state index is 0.412. The maximum absolute atomic E-state index is 5.54. The highest BCUT2D eigenvalue weighted by atomic mass is 14.1. The van der Waals surface area contributed by atoms with Gasteiger partial charge in [0.2, 0.25) is 0 Å². The fourth-order valence-electron chi connectivity index (χ4n) is 1.79. The Kier molecular flexibility index (Phi) is 10.0. The molecule has 1 radical (unpaired) electrons. The molecule has 0 heteroatoms. The van der Waals surface area contributed by atoms with Crippen molar-refractivity contribution in [2.75, 3.05) is 0 Å². The van der Waals surface area contributed by atoms with Gasteiger partial charge in [-0.05, 0) is 38.5 Å². The lowest BCUT2D eigenvalue weighted by Crippen LogP contribution is -2.02. The van der Waals surface area contributed by atoms with Crippen LogP contribution in [0.1, 0.15) is 58.8 Å². The van der Waals surface area contributed by atoms with Crippen LogP contribution in [-0.4, -0.2) is 0 Å². The van der Waals surface area contributed by atoms with E-state index in [0.717, 1.165) is 32.1 Å². The smallest absolute Gasteiger partial charge is 0.0200 e. The molecule has 2 unspecified atom stereocenters. The molecular weight excluding hydrogens is 192 g/mol. The number of unbranched alkanes of at least 4 members (excludes halogenated alkanes) is 3. The average Bonchev–Trinajstić information content (AvgIpc) is 2.33. The van der Waals surface area contributed by atoms with Gasteiger partial charge >= 0.3 is 0 Å². The molecule has 0 bridgehead atoms. The van der Waals surface area contributed by atoms with Crippen molar-refractivity contribution in [2.45, 2.75) is 58.8 Å². The fourth-order valence-corrected chi connectivity index (χ4v) is 1.79. The third-order valence-electron chi connectivity index (χ3n) is 3.04. The zero-order valence-corrected chi connectivity index (χ0v) is 10.8. The number of hydrogen-bond acceptors (Lipinski definition) is 0. The van der Waals surface area contributed by atoms with Gasteiger partial charge < -0.3 is 0 Å². The van der Waals surface area contributed by atoms with E-state index in [9.17, 15) is 0 Å². The van der Waals surface area contributed by atoms with Crippen LogP contribution >= 0.6 is 0 Å². The van der Waals surface area contributed by atoms with Crippen LogP contribution in [0, 0.1) is 42.9 Å². The molecule has 0 heterocycles. The summed E-state index contributed by atoms with van der Waals surface area (Å²) >= 11 is 0. The highest BCUT2D eigenvalue weighted by molar-refractivity contribution is 4.97. The first kappa shape index (κ1) is 15.1. The van der Waals surface area contributed by atoms with Gasteiger partial charge in [0.15, 0.2) is 0 Å². The second-order valence-corrected chi connectivity index (χ2v) is 4.37. The summed E-state index contributed by atoms with van der Waals surface area (Å²) in [5.74, 6) is 6.55. The van der Waals surface area contributed by atoms with Gasteiger partial charge in [0.25, 0.3) is 0 Å². The summed E-state index contributed by atoms with van der Waals surface area (Å²) in [7, 11) is 0. The summed E-state index contributed by atoms with van der Waals surface area (Å²) in [5.41, 5.74) is 0. The lowest BCUT2D eigenvalue weighted by atomic mass is 9.91. The van der Waals surface area contributed by atoms with Crippen molar-refractivity contribution < 1.29 is 0 Å². The van der Waals surface area contributed by atoms with Gasteiger partial charge in [-0.1, -0.05) is 26.7 Å². The molecule has 0 amide bonds. The molecule has 0 saturated carbocycles. The first-order valence-corrected chi connectivity index (χ1v) is 6.52. The van der Waals surface area contributed by atoms with E-state index >= 15 is 0 Å². The lowest BCUT2D eigenvalue weighted by molar-refractivity contribution is 0.473. The van der Waals surface area contributed by atoms with Crippen LogP contribution in [0.4, 0.5) is 0 Å². The van der Waals surface area contributed by atoms with Crippen LogP contribution in [-0.2, 0) is 0 Å². The minimum Gasteiger partial charge on any atom is -0.120 e. The first-order chi connectivity index (χ1) is 7.78. The Hall–Kier alpha value is -0.880. The predicted molar refractivity (Wildman–Crippen MR) is 72.6 cm³/mol. The molecule has 0 aromatic carbocycles. The van der Waals surface area contributed by atoms with Gasteiger partial charge in [0, 0.05) is 11.8 Å². The van der Waals surface area contributed by atoms with Crippen molar-refractivity contribution in [3.8, 4) is 24.7 Å². The average molecular weight is 217 g/mol. The van der Waals surface area contributed by atoms with E-state index < -0.39 is 0 Å². The maximum atomic E-state index is 5.54. The van der Waals surface area contributed by atoms with Crippen molar-refractivity contribution in [3.63, 3.8) is 0 Å². The van der Waals surface area contributed by atoms with Gasteiger partial charge in [-0.25, -0.2) is 0 Å². The Bertz CT molecular complexity index is 225. The summed E-state index contributed by atoms with van der Waals surface area (Å²) in [6.45, 7) is 4.35. The van der Waals surface area contributed by atoms with Gasteiger partial charge in [-0.2, -0.15) is 0 Å². The summed E-state index contributed by atoms with van der Waals surface area (Å²) < 4.78 is 0. The quantitative estimate of drug-likeness (QED) is 0.395. The molecule has 16 heavy (non-hydrogen) atoms. The molecule has 0 nitrogen and oxygen atoms in total. The second kappa shape index (κ2) is 10.6. The molecule has 89 valence electrons. The Morgan fingerprint density at radius 1 is 0.938 bits per heavy atom. The van der Waals surface area contributed by atoms with Gasteiger partial charge in [0.1, 0.15) is 0 Å². The van der Waals surface area contributed by atoms with Crippen molar-refractivity contribution in [2.24, 2.45) is 11.8 Å². The SMILES string of the molecule is C#CC(CC)CCC(C#C)CC[CH]CCC. The summed E-state index contributed by atoms with van der Waals surface area (Å²) in [4.78, 5) is 0. The first-order valence-electron chi connectivity index (χ1n) is 6.52. The van der Waals surface area contributed by atoms with Crippen molar-refractivity contribution in [1.82, 2.24) is 0 Å². The summed E-state index contributed by atoms with van der Waals surface area (Å²) in [6, 6.07) is 0. The molecule has 0 aliphatic rings. The number of terminal acetylenes is 2. The molecule has 0 aliphatic carbocycles. The molecule has 0 fully saturated rings. The van der Waals surface area contributed by atoms with Crippen molar-refractivity contribution >= 4 is 0 Å². The van der Waals surface area contributed by atoms with E-state index in [4.69, 9.17) is 12.8 Å². The van der Waals surface area contributed by atoms with Gasteiger partial charge in [-0.15, -0.1) is 24.7 Å². The minimum absolute atomic E-state index is 0.412. The van der Waals surface area contributed by atoms with Crippen LogP contribution < -0.4 is 0 Å². The highest BCUT2D eigenvalue weighted by Crippen LogP contribution is 2.19. The molecule has 0 aromatic heterocycles. The Morgan fingerprint density at radius 2 is 1.56 bits per heavy atom. The molecule has 0 N–H and O–H groups in total. The van der Waals surface area contributed by atoms with Gasteiger partial charge in [0.05, 0.1) is 0 Å². The van der Waals surface area contributed by atoms with Crippen LogP contribution in [0.5, 0.6) is 0 Å². The fraction of sp³-hybridized carbons (Fsp3) is 0.688. The summed E-state index contributed by atoms with van der Waals surface area (Å²) in [5, 5.41) is 0. The highest BCUT2D eigenvalue weighted by Gasteiger charge is 2.08. The largest absolute Gasteiger partial charge is 0.120 e. The van der Waals surface area contributed by atoms with E-state index in [-0.39, 0.29) is 0 Å². The predicted octanol–water partition coefficient (Wildman–Crippen LogP) is 4.46. The third kappa shape index (κ3) is 7.42. The zero-order chi connectivity index (χ0) is 12.2. The van der Waals surface area contributed by atoms with Crippen molar-refractivity contribution in [3.05, 3.63) is 6.42 Å².